The van der Waals surface area contributed by atoms with Gasteiger partial charge in [-0.05, 0) is 45.3 Å². The number of hydrogen-bond donors (Lipinski definition) is 0. The van der Waals surface area contributed by atoms with Crippen LogP contribution in [0, 0.1) is 0 Å². The number of para-hydroxylation sites is 2. The molecular weight excluding hydrogens is 414 g/mol. The highest BCUT2D eigenvalue weighted by atomic mass is 14.8. The van der Waals surface area contributed by atoms with E-state index in [9.17, 15) is 0 Å². The minimum Gasteiger partial charge on any atom is -0.264 e. The Morgan fingerprint density at radius 1 is 0.559 bits per heavy atom. The summed E-state index contributed by atoms with van der Waals surface area (Å²) in [4.78, 5) is 14.8. The molecule has 0 spiro atoms. The van der Waals surface area contributed by atoms with Gasteiger partial charge in [-0.1, -0.05) is 87.5 Å². The predicted octanol–water partition coefficient (Wildman–Crippen LogP) is 7.96. The Bertz CT molecular complexity index is 1620. The van der Waals surface area contributed by atoms with Crippen molar-refractivity contribution in [1.29, 1.82) is 0 Å². The summed E-state index contributed by atoms with van der Waals surface area (Å²) in [5.41, 5.74) is 7.09. The second kappa shape index (κ2) is 7.74. The molecule has 0 unspecified atom stereocenters. The molecule has 0 fully saturated rings. The van der Waals surface area contributed by atoms with E-state index in [2.05, 4.69) is 80.4 Å². The van der Waals surface area contributed by atoms with Crippen molar-refractivity contribution in [3.05, 3.63) is 103 Å². The fraction of sp³-hybridized carbons (Fsp3) is 0.129. The van der Waals surface area contributed by atoms with E-state index in [0.29, 0.717) is 0 Å². The molecule has 0 aliphatic carbocycles. The molecule has 6 rings (SSSR count). The van der Waals surface area contributed by atoms with Gasteiger partial charge in [0.2, 0.25) is 0 Å². The van der Waals surface area contributed by atoms with Crippen molar-refractivity contribution < 1.29 is 0 Å². The van der Waals surface area contributed by atoms with Crippen molar-refractivity contribution in [2.24, 2.45) is 0 Å². The van der Waals surface area contributed by atoms with Crippen LogP contribution in [0.4, 0.5) is 0 Å². The minimum absolute atomic E-state index is 0.170. The zero-order valence-electron chi connectivity index (χ0n) is 19.6. The number of fused-ring (bicyclic) bond motifs is 3. The molecule has 2 heterocycles. The number of hydrogen-bond acceptors (Lipinski definition) is 3. The lowest BCUT2D eigenvalue weighted by atomic mass is 9.83. The molecule has 0 saturated carbocycles. The monoisotopic (exact) mass is 439 g/mol. The number of benzene rings is 4. The molecule has 0 N–H and O–H groups in total. The lowest BCUT2D eigenvalue weighted by Gasteiger charge is -2.24. The molecule has 4 aromatic carbocycles. The largest absolute Gasteiger partial charge is 0.264 e. The summed E-state index contributed by atoms with van der Waals surface area (Å²) < 4.78 is 0. The first-order chi connectivity index (χ1) is 16.5. The summed E-state index contributed by atoms with van der Waals surface area (Å²) in [6.07, 6.45) is 3.77. The van der Waals surface area contributed by atoms with Crippen LogP contribution in [0.3, 0.4) is 0 Å². The van der Waals surface area contributed by atoms with Gasteiger partial charge >= 0.3 is 0 Å². The second-order valence-corrected chi connectivity index (χ2v) is 9.74. The van der Waals surface area contributed by atoms with Gasteiger partial charge in [-0.3, -0.25) is 4.98 Å². The molecule has 6 aromatic rings. The van der Waals surface area contributed by atoms with E-state index in [1.54, 1.807) is 0 Å². The number of pyridine rings is 1. The molecule has 0 amide bonds. The molecule has 3 nitrogen and oxygen atoms in total. The maximum absolute atomic E-state index is 5.24. The number of rotatable bonds is 2. The van der Waals surface area contributed by atoms with Crippen LogP contribution < -0.4 is 0 Å². The average molecular weight is 440 g/mol. The first-order valence-electron chi connectivity index (χ1n) is 11.6. The van der Waals surface area contributed by atoms with Gasteiger partial charge in [-0.25, -0.2) is 9.97 Å². The second-order valence-electron chi connectivity index (χ2n) is 9.74. The minimum atomic E-state index is -0.170. The maximum atomic E-state index is 5.24. The average Bonchev–Trinajstić information content (AvgIpc) is 2.86. The van der Waals surface area contributed by atoms with Crippen LogP contribution in [0.25, 0.3) is 55.0 Å². The third-order valence-electron chi connectivity index (χ3n) is 6.40. The smallest absolute Gasteiger partial charge is 0.0943 e. The van der Waals surface area contributed by atoms with E-state index >= 15 is 0 Å². The highest BCUT2D eigenvalue weighted by Crippen LogP contribution is 2.45. The molecule has 0 bridgehead atoms. The molecule has 0 atom stereocenters. The number of nitrogens with zero attached hydrogens (tertiary/aromatic N) is 3. The molecule has 0 radical (unpaired) electrons. The molecule has 164 valence electrons. The van der Waals surface area contributed by atoms with Crippen LogP contribution in [0.1, 0.15) is 26.5 Å². The van der Waals surface area contributed by atoms with Gasteiger partial charge in [0, 0.05) is 28.9 Å². The van der Waals surface area contributed by atoms with Crippen LogP contribution in [0.2, 0.25) is 0 Å². The van der Waals surface area contributed by atoms with Gasteiger partial charge in [0.25, 0.3) is 0 Å². The van der Waals surface area contributed by atoms with E-state index in [4.69, 9.17) is 9.97 Å². The van der Waals surface area contributed by atoms with E-state index in [0.717, 1.165) is 33.5 Å². The van der Waals surface area contributed by atoms with Crippen LogP contribution in [-0.4, -0.2) is 15.0 Å². The fourth-order valence-electron chi connectivity index (χ4n) is 4.90. The van der Waals surface area contributed by atoms with Crippen molar-refractivity contribution >= 4 is 32.6 Å². The Morgan fingerprint density at radius 2 is 1.09 bits per heavy atom. The quantitative estimate of drug-likeness (QED) is 0.257. The predicted molar refractivity (Wildman–Crippen MR) is 142 cm³/mol. The summed E-state index contributed by atoms with van der Waals surface area (Å²) in [5.74, 6) is 0. The third-order valence-corrected chi connectivity index (χ3v) is 6.40. The van der Waals surface area contributed by atoms with Crippen molar-refractivity contribution in [2.75, 3.05) is 0 Å². The standard InChI is InChI=1S/C31H25N3/c1-31(2,3)30-29(33-25-16-8-9-17-26(25)34-30)28-23-14-6-4-12-21(23)27(20-11-10-18-32-19-20)22-13-5-7-15-24(22)28/h4-19H,1-3H3. The number of aromatic nitrogens is 3. The van der Waals surface area contributed by atoms with E-state index in [1.807, 2.05) is 42.7 Å². The van der Waals surface area contributed by atoms with Crippen LogP contribution in [0.5, 0.6) is 0 Å². The highest BCUT2D eigenvalue weighted by Gasteiger charge is 2.26. The Hall–Kier alpha value is -4.11. The van der Waals surface area contributed by atoms with Gasteiger partial charge in [0.05, 0.1) is 22.4 Å². The van der Waals surface area contributed by atoms with E-state index in [-0.39, 0.29) is 5.41 Å². The Kier molecular flexibility index (Phi) is 4.66. The summed E-state index contributed by atoms with van der Waals surface area (Å²) in [6, 6.07) is 29.5. The van der Waals surface area contributed by atoms with E-state index in [1.165, 1.54) is 27.1 Å². The Labute approximate surface area is 199 Å². The van der Waals surface area contributed by atoms with Crippen LogP contribution >= 0.6 is 0 Å². The van der Waals surface area contributed by atoms with E-state index < -0.39 is 0 Å². The lowest BCUT2D eigenvalue weighted by molar-refractivity contribution is 0.571. The molecule has 0 saturated heterocycles. The first-order valence-corrected chi connectivity index (χ1v) is 11.6. The Balaban J connectivity index is 1.83. The summed E-state index contributed by atoms with van der Waals surface area (Å²) in [5, 5.41) is 4.74. The molecule has 2 aromatic heterocycles. The summed E-state index contributed by atoms with van der Waals surface area (Å²) in [7, 11) is 0. The van der Waals surface area contributed by atoms with Crippen LogP contribution in [0.15, 0.2) is 97.3 Å². The maximum Gasteiger partial charge on any atom is 0.0943 e. The first kappa shape index (κ1) is 20.5. The SMILES string of the molecule is CC(C)(C)c1nc2ccccc2nc1-c1c2ccccc2c(-c2cccnc2)c2ccccc12. The van der Waals surface area contributed by atoms with Crippen LogP contribution in [-0.2, 0) is 5.41 Å². The topological polar surface area (TPSA) is 38.7 Å². The summed E-state index contributed by atoms with van der Waals surface area (Å²) >= 11 is 0. The zero-order valence-corrected chi connectivity index (χ0v) is 19.6. The third kappa shape index (κ3) is 3.24. The van der Waals surface area contributed by atoms with Gasteiger partial charge in [0.1, 0.15) is 0 Å². The van der Waals surface area contributed by atoms with Gasteiger partial charge in [-0.2, -0.15) is 0 Å². The molecule has 0 aliphatic heterocycles. The highest BCUT2D eigenvalue weighted by molar-refractivity contribution is 6.21. The fourth-order valence-corrected chi connectivity index (χ4v) is 4.90. The summed E-state index contributed by atoms with van der Waals surface area (Å²) in [6.45, 7) is 6.64. The normalized spacial score (nSPS) is 12.0. The van der Waals surface area contributed by atoms with Crippen molar-refractivity contribution in [3.63, 3.8) is 0 Å². The molecule has 0 aliphatic rings. The van der Waals surface area contributed by atoms with Gasteiger partial charge in [0.15, 0.2) is 0 Å². The lowest BCUT2D eigenvalue weighted by Crippen LogP contribution is -2.16. The van der Waals surface area contributed by atoms with Crippen molar-refractivity contribution in [2.45, 2.75) is 26.2 Å². The molecule has 34 heavy (non-hydrogen) atoms. The van der Waals surface area contributed by atoms with Gasteiger partial charge < -0.3 is 0 Å². The van der Waals surface area contributed by atoms with Crippen molar-refractivity contribution in [1.82, 2.24) is 15.0 Å². The van der Waals surface area contributed by atoms with Gasteiger partial charge in [-0.15, -0.1) is 0 Å². The Morgan fingerprint density at radius 3 is 1.62 bits per heavy atom. The zero-order chi connectivity index (χ0) is 23.3. The molecule has 3 heteroatoms. The molecular formula is C31H25N3. The van der Waals surface area contributed by atoms with Crippen molar-refractivity contribution in [3.8, 4) is 22.4 Å².